The van der Waals surface area contributed by atoms with E-state index in [0.717, 1.165) is 25.7 Å². The van der Waals surface area contributed by atoms with Gasteiger partial charge in [0.2, 0.25) is 11.8 Å². The fraction of sp³-hybridized carbons (Fsp3) is 0.769. The van der Waals surface area contributed by atoms with Crippen molar-refractivity contribution < 1.29 is 9.59 Å². The summed E-state index contributed by atoms with van der Waals surface area (Å²) in [5.41, 5.74) is 4.42. The van der Waals surface area contributed by atoms with Gasteiger partial charge >= 0.3 is 0 Å². The number of likely N-dealkylation sites (tertiary alicyclic amines) is 1. The Bertz CT molecular complexity index is 394. The van der Waals surface area contributed by atoms with Crippen molar-refractivity contribution in [3.63, 3.8) is 0 Å². The van der Waals surface area contributed by atoms with Crippen molar-refractivity contribution in [3.05, 3.63) is 0 Å². The van der Waals surface area contributed by atoms with Gasteiger partial charge < -0.3 is 10.6 Å². The van der Waals surface area contributed by atoms with E-state index in [0.29, 0.717) is 25.8 Å². The molecule has 1 aliphatic heterocycles. The lowest BCUT2D eigenvalue weighted by Gasteiger charge is -2.34. The summed E-state index contributed by atoms with van der Waals surface area (Å²) in [5, 5.41) is 9.38. The molecule has 2 N–H and O–H groups in total. The van der Waals surface area contributed by atoms with Gasteiger partial charge in [-0.2, -0.15) is 5.26 Å². The molecule has 0 aromatic carbocycles. The highest BCUT2D eigenvalue weighted by atomic mass is 16.2. The van der Waals surface area contributed by atoms with Gasteiger partial charge in [0.25, 0.3) is 0 Å². The van der Waals surface area contributed by atoms with Crippen molar-refractivity contribution in [1.29, 1.82) is 5.26 Å². The first-order valence-corrected chi connectivity index (χ1v) is 6.62. The second-order valence-electron chi connectivity index (χ2n) is 5.31. The van der Waals surface area contributed by atoms with Crippen LogP contribution >= 0.6 is 0 Å². The first-order chi connectivity index (χ1) is 8.60. The topological polar surface area (TPSA) is 87.2 Å². The minimum absolute atomic E-state index is 0.175. The first kappa shape index (κ1) is 12.9. The van der Waals surface area contributed by atoms with Crippen LogP contribution in [0.3, 0.4) is 0 Å². The number of nitrogens with zero attached hydrogens (tertiary/aromatic N) is 2. The number of carbonyl (C=O) groups excluding carboxylic acids is 2. The van der Waals surface area contributed by atoms with Gasteiger partial charge in [-0.3, -0.25) is 9.59 Å². The van der Waals surface area contributed by atoms with Crippen LogP contribution in [0.15, 0.2) is 0 Å². The molecule has 0 bridgehead atoms. The molecule has 2 aliphatic rings. The second kappa shape index (κ2) is 4.97. The van der Waals surface area contributed by atoms with Crippen LogP contribution in [0.4, 0.5) is 0 Å². The van der Waals surface area contributed by atoms with Crippen LogP contribution in [0.1, 0.15) is 44.9 Å². The van der Waals surface area contributed by atoms with E-state index >= 15 is 0 Å². The molecule has 1 unspecified atom stereocenters. The second-order valence-corrected chi connectivity index (χ2v) is 5.31. The van der Waals surface area contributed by atoms with Crippen molar-refractivity contribution in [2.45, 2.75) is 51.0 Å². The SMILES string of the molecule is N#CC1(C(=O)N2CCCC2C(N)=O)CCCCC1. The minimum Gasteiger partial charge on any atom is -0.368 e. The van der Waals surface area contributed by atoms with Crippen molar-refractivity contribution in [2.75, 3.05) is 6.54 Å². The average Bonchev–Trinajstić information content (AvgIpc) is 2.88. The molecular weight excluding hydrogens is 230 g/mol. The monoisotopic (exact) mass is 249 g/mol. The lowest BCUT2D eigenvalue weighted by Crippen LogP contribution is -2.50. The summed E-state index contributed by atoms with van der Waals surface area (Å²) in [4.78, 5) is 25.4. The molecule has 0 aromatic heterocycles. The number of hydrogen-bond donors (Lipinski definition) is 1. The molecule has 98 valence electrons. The van der Waals surface area contributed by atoms with Crippen molar-refractivity contribution in [2.24, 2.45) is 11.1 Å². The van der Waals surface area contributed by atoms with Crippen molar-refractivity contribution >= 4 is 11.8 Å². The molecule has 0 radical (unpaired) electrons. The lowest BCUT2D eigenvalue weighted by atomic mass is 9.74. The molecule has 2 rings (SSSR count). The smallest absolute Gasteiger partial charge is 0.243 e. The standard InChI is InChI=1S/C13H19N3O2/c14-9-13(6-2-1-3-7-13)12(18)16-8-4-5-10(16)11(15)17/h10H,1-8H2,(H2,15,17). The normalized spacial score (nSPS) is 26.6. The predicted molar refractivity (Wildman–Crippen MR) is 65.1 cm³/mol. The summed E-state index contributed by atoms with van der Waals surface area (Å²) >= 11 is 0. The Hall–Kier alpha value is -1.57. The van der Waals surface area contributed by atoms with Crippen molar-refractivity contribution in [1.82, 2.24) is 4.90 Å². The fourth-order valence-electron chi connectivity index (χ4n) is 3.11. The van der Waals surface area contributed by atoms with Crippen LogP contribution in [-0.4, -0.2) is 29.3 Å². The average molecular weight is 249 g/mol. The summed E-state index contributed by atoms with van der Waals surface area (Å²) in [6.07, 6.45) is 5.55. The van der Waals surface area contributed by atoms with Crippen LogP contribution in [0.25, 0.3) is 0 Å². The van der Waals surface area contributed by atoms with E-state index in [1.807, 2.05) is 0 Å². The van der Waals surface area contributed by atoms with Crippen LogP contribution in [-0.2, 0) is 9.59 Å². The third-order valence-electron chi connectivity index (χ3n) is 4.17. The lowest BCUT2D eigenvalue weighted by molar-refractivity contribution is -0.144. The van der Waals surface area contributed by atoms with E-state index in [4.69, 9.17) is 5.73 Å². The first-order valence-electron chi connectivity index (χ1n) is 6.62. The van der Waals surface area contributed by atoms with Gasteiger partial charge in [-0.05, 0) is 25.7 Å². The van der Waals surface area contributed by atoms with E-state index in [2.05, 4.69) is 6.07 Å². The molecule has 1 saturated carbocycles. The molecule has 1 atom stereocenters. The summed E-state index contributed by atoms with van der Waals surface area (Å²) in [7, 11) is 0. The molecule has 2 amide bonds. The third-order valence-corrected chi connectivity index (χ3v) is 4.17. The van der Waals surface area contributed by atoms with Crippen molar-refractivity contribution in [3.8, 4) is 6.07 Å². The third kappa shape index (κ3) is 2.07. The molecular formula is C13H19N3O2. The van der Waals surface area contributed by atoms with Gasteiger partial charge in [-0.25, -0.2) is 0 Å². The van der Waals surface area contributed by atoms with E-state index in [9.17, 15) is 14.9 Å². The number of rotatable bonds is 2. The van der Waals surface area contributed by atoms with Gasteiger partial charge in [-0.15, -0.1) is 0 Å². The summed E-state index contributed by atoms with van der Waals surface area (Å²) in [5.74, 6) is -0.629. The molecule has 1 saturated heterocycles. The molecule has 1 heterocycles. The van der Waals surface area contributed by atoms with E-state index in [1.165, 1.54) is 4.90 Å². The van der Waals surface area contributed by atoms with E-state index in [1.54, 1.807) is 0 Å². The van der Waals surface area contributed by atoms with Gasteiger partial charge in [0, 0.05) is 6.54 Å². The maximum absolute atomic E-state index is 12.6. The molecule has 2 fully saturated rings. The number of nitrogens with two attached hydrogens (primary N) is 1. The molecule has 18 heavy (non-hydrogen) atoms. The highest BCUT2D eigenvalue weighted by molar-refractivity contribution is 5.91. The Balaban J connectivity index is 2.19. The summed E-state index contributed by atoms with van der Waals surface area (Å²) in [6.45, 7) is 0.551. The fourth-order valence-corrected chi connectivity index (χ4v) is 3.11. The quantitative estimate of drug-likeness (QED) is 0.790. The summed E-state index contributed by atoms with van der Waals surface area (Å²) in [6, 6.07) is 1.70. The zero-order chi connectivity index (χ0) is 13.2. The maximum Gasteiger partial charge on any atom is 0.243 e. The number of amides is 2. The Kier molecular flexibility index (Phi) is 3.55. The summed E-state index contributed by atoms with van der Waals surface area (Å²) < 4.78 is 0. The van der Waals surface area contributed by atoms with Crippen LogP contribution < -0.4 is 5.73 Å². The molecule has 0 aromatic rings. The number of carbonyl (C=O) groups is 2. The largest absolute Gasteiger partial charge is 0.368 e. The molecule has 5 heteroatoms. The number of hydrogen-bond acceptors (Lipinski definition) is 3. The Morgan fingerprint density at radius 3 is 2.44 bits per heavy atom. The zero-order valence-corrected chi connectivity index (χ0v) is 10.5. The molecule has 0 spiro atoms. The van der Waals surface area contributed by atoms with Gasteiger partial charge in [-0.1, -0.05) is 19.3 Å². The van der Waals surface area contributed by atoms with Gasteiger partial charge in [0.1, 0.15) is 11.5 Å². The Labute approximate surface area is 107 Å². The predicted octanol–water partition coefficient (Wildman–Crippen LogP) is 0.937. The number of nitriles is 1. The maximum atomic E-state index is 12.6. The highest BCUT2D eigenvalue weighted by Gasteiger charge is 2.46. The van der Waals surface area contributed by atoms with E-state index in [-0.39, 0.29) is 5.91 Å². The Morgan fingerprint density at radius 1 is 1.22 bits per heavy atom. The van der Waals surface area contributed by atoms with E-state index < -0.39 is 17.4 Å². The minimum atomic E-state index is -0.906. The highest BCUT2D eigenvalue weighted by Crippen LogP contribution is 2.38. The van der Waals surface area contributed by atoms with Crippen LogP contribution in [0.2, 0.25) is 0 Å². The number of primary amides is 1. The molecule has 1 aliphatic carbocycles. The van der Waals surface area contributed by atoms with Gasteiger partial charge in [0.15, 0.2) is 0 Å². The van der Waals surface area contributed by atoms with Gasteiger partial charge in [0.05, 0.1) is 6.07 Å². The Morgan fingerprint density at radius 2 is 1.89 bits per heavy atom. The van der Waals surface area contributed by atoms with Crippen LogP contribution in [0, 0.1) is 16.7 Å². The van der Waals surface area contributed by atoms with Crippen LogP contribution in [0.5, 0.6) is 0 Å². The molecule has 5 nitrogen and oxygen atoms in total. The zero-order valence-electron chi connectivity index (χ0n) is 10.5.